The Labute approximate surface area is 204 Å². The molecule has 0 unspecified atom stereocenters. The van der Waals surface area contributed by atoms with Gasteiger partial charge in [0.2, 0.25) is 5.91 Å². The van der Waals surface area contributed by atoms with Gasteiger partial charge in [-0.25, -0.2) is 4.79 Å². The molecular weight excluding hydrogens is 456 g/mol. The molecule has 0 aliphatic carbocycles. The van der Waals surface area contributed by atoms with Crippen molar-refractivity contribution in [1.29, 1.82) is 0 Å². The molecule has 2 heterocycles. The third-order valence-corrected chi connectivity index (χ3v) is 6.13. The van der Waals surface area contributed by atoms with Gasteiger partial charge in [0.15, 0.2) is 0 Å². The molecule has 0 spiro atoms. The quantitative estimate of drug-likeness (QED) is 0.448. The topological polar surface area (TPSA) is 108 Å². The maximum atomic E-state index is 12.6. The highest BCUT2D eigenvalue weighted by molar-refractivity contribution is 8.18. The van der Waals surface area contributed by atoms with Crippen LogP contribution in [0.25, 0.3) is 6.08 Å². The monoisotopic (exact) mass is 488 g/mol. The van der Waals surface area contributed by atoms with Crippen molar-refractivity contribution in [3.8, 4) is 0 Å². The minimum absolute atomic E-state index is 0.116. The number of piperazine rings is 1. The number of carbonyl (C=O) groups is 4. The molecule has 10 heteroatoms. The lowest BCUT2D eigenvalue weighted by Crippen LogP contribution is -2.49. The molecule has 2 fully saturated rings. The lowest BCUT2D eigenvalue weighted by atomic mass is 10.1. The first-order valence-electron chi connectivity index (χ1n) is 11.5. The number of nitrogens with one attached hydrogen (secondary N) is 2. The molecule has 4 amide bonds. The third kappa shape index (κ3) is 7.51. The largest absolute Gasteiger partial charge is 0.444 e. The van der Waals surface area contributed by atoms with Gasteiger partial charge >= 0.3 is 6.09 Å². The minimum atomic E-state index is -0.525. The zero-order valence-electron chi connectivity index (χ0n) is 19.9. The molecule has 0 bridgehead atoms. The number of ether oxygens (including phenoxy) is 1. The van der Waals surface area contributed by atoms with Crippen molar-refractivity contribution in [2.45, 2.75) is 45.6 Å². The van der Waals surface area contributed by atoms with Gasteiger partial charge in [-0.1, -0.05) is 18.2 Å². The Morgan fingerprint density at radius 3 is 2.47 bits per heavy atom. The molecule has 184 valence electrons. The van der Waals surface area contributed by atoms with E-state index < -0.39 is 11.7 Å². The summed E-state index contributed by atoms with van der Waals surface area (Å²) in [6, 6.07) is 7.74. The normalized spacial score (nSPS) is 17.7. The smallest absolute Gasteiger partial charge is 0.407 e. The zero-order chi connectivity index (χ0) is 24.7. The Balaban J connectivity index is 1.44. The summed E-state index contributed by atoms with van der Waals surface area (Å²) in [6.45, 7) is 8.53. The van der Waals surface area contributed by atoms with E-state index in [9.17, 15) is 19.2 Å². The predicted molar refractivity (Wildman–Crippen MR) is 132 cm³/mol. The van der Waals surface area contributed by atoms with Crippen LogP contribution in [0.15, 0.2) is 29.2 Å². The number of hydrogen-bond acceptors (Lipinski definition) is 7. The SMILES string of the molecule is CC(C)(C)OC(=O)NCCCCC(=O)N1CCN(c2ccccc2/C=C2\SC(=O)NC2=O)CC1. The lowest BCUT2D eigenvalue weighted by Gasteiger charge is -2.37. The molecule has 2 aliphatic heterocycles. The van der Waals surface area contributed by atoms with Crippen molar-refractivity contribution in [3.05, 3.63) is 34.7 Å². The van der Waals surface area contributed by atoms with Crippen LogP contribution in [0, 0.1) is 0 Å². The molecule has 0 radical (unpaired) electrons. The molecule has 2 N–H and O–H groups in total. The molecule has 9 nitrogen and oxygen atoms in total. The number of amides is 4. The summed E-state index contributed by atoms with van der Waals surface area (Å²) >= 11 is 0.903. The Morgan fingerprint density at radius 1 is 1.12 bits per heavy atom. The van der Waals surface area contributed by atoms with Gasteiger partial charge in [-0.05, 0) is 63.1 Å². The van der Waals surface area contributed by atoms with Gasteiger partial charge in [-0.2, -0.15) is 0 Å². The molecular formula is C24H32N4O5S. The van der Waals surface area contributed by atoms with E-state index >= 15 is 0 Å². The van der Waals surface area contributed by atoms with E-state index in [1.165, 1.54) is 0 Å². The summed E-state index contributed by atoms with van der Waals surface area (Å²) in [5.41, 5.74) is 1.32. The van der Waals surface area contributed by atoms with E-state index in [2.05, 4.69) is 15.5 Å². The van der Waals surface area contributed by atoms with E-state index in [-0.39, 0.29) is 17.1 Å². The summed E-state index contributed by atoms with van der Waals surface area (Å²) in [5, 5.41) is 4.63. The second-order valence-electron chi connectivity index (χ2n) is 9.16. The van der Waals surface area contributed by atoms with Gasteiger partial charge in [0, 0.05) is 44.8 Å². The van der Waals surface area contributed by atoms with Crippen LogP contribution in [0.1, 0.15) is 45.6 Å². The summed E-state index contributed by atoms with van der Waals surface area (Å²) < 4.78 is 5.19. The first-order chi connectivity index (χ1) is 16.1. The lowest BCUT2D eigenvalue weighted by molar-refractivity contribution is -0.131. The minimum Gasteiger partial charge on any atom is -0.444 e. The molecule has 34 heavy (non-hydrogen) atoms. The van der Waals surface area contributed by atoms with Crippen LogP contribution in [0.2, 0.25) is 0 Å². The summed E-state index contributed by atoms with van der Waals surface area (Å²) in [6.07, 6.45) is 3.15. The van der Waals surface area contributed by atoms with Gasteiger partial charge < -0.3 is 19.9 Å². The summed E-state index contributed by atoms with van der Waals surface area (Å²) in [4.78, 5) is 52.0. The summed E-state index contributed by atoms with van der Waals surface area (Å²) in [5.74, 6) is -0.258. The standard InChI is InChI=1S/C24H32N4O5S/c1-24(2,3)33-22(31)25-11-7-6-10-20(29)28-14-12-27(13-15-28)18-9-5-4-8-17(18)16-19-21(30)26-23(32)34-19/h4-5,8-9,16H,6-7,10-15H2,1-3H3,(H,25,31)(H,26,30,32)/b19-16-. The summed E-state index contributed by atoms with van der Waals surface area (Å²) in [7, 11) is 0. The average molecular weight is 489 g/mol. The van der Waals surface area contributed by atoms with Gasteiger partial charge in [-0.15, -0.1) is 0 Å². The fourth-order valence-electron chi connectivity index (χ4n) is 3.72. The van der Waals surface area contributed by atoms with Crippen LogP contribution < -0.4 is 15.5 Å². The number of thioether (sulfide) groups is 1. The molecule has 3 rings (SSSR count). The van der Waals surface area contributed by atoms with Crippen LogP contribution in [-0.4, -0.2) is 66.4 Å². The Morgan fingerprint density at radius 2 is 1.82 bits per heavy atom. The second kappa shape index (κ2) is 11.4. The number of carbonyl (C=O) groups excluding carboxylic acids is 4. The van der Waals surface area contributed by atoms with Gasteiger partial charge in [0.05, 0.1) is 4.91 Å². The number of para-hydroxylation sites is 1. The Hall–Kier alpha value is -3.01. The Kier molecular flexibility index (Phi) is 8.60. The highest BCUT2D eigenvalue weighted by Crippen LogP contribution is 2.30. The number of unbranched alkanes of at least 4 members (excludes halogenated alkanes) is 1. The number of rotatable bonds is 7. The number of anilines is 1. The van der Waals surface area contributed by atoms with Crippen LogP contribution in [-0.2, 0) is 14.3 Å². The maximum Gasteiger partial charge on any atom is 0.407 e. The molecule has 0 atom stereocenters. The number of nitrogens with zero attached hydrogens (tertiary/aromatic N) is 2. The van der Waals surface area contributed by atoms with Crippen LogP contribution >= 0.6 is 11.8 Å². The van der Waals surface area contributed by atoms with Crippen LogP contribution in [0.4, 0.5) is 15.3 Å². The fourth-order valence-corrected chi connectivity index (χ4v) is 4.39. The molecule has 1 aromatic rings. The number of benzene rings is 1. The van der Waals surface area contributed by atoms with Gasteiger partial charge in [0.25, 0.3) is 11.1 Å². The molecule has 1 aromatic carbocycles. The molecule has 2 aliphatic rings. The molecule has 0 saturated carbocycles. The average Bonchev–Trinajstić information content (AvgIpc) is 3.09. The highest BCUT2D eigenvalue weighted by atomic mass is 32.2. The van der Waals surface area contributed by atoms with E-state index in [1.54, 1.807) is 6.08 Å². The first kappa shape index (κ1) is 25.6. The van der Waals surface area contributed by atoms with Gasteiger partial charge in [-0.3, -0.25) is 19.7 Å². The van der Waals surface area contributed by atoms with Crippen molar-refractivity contribution in [2.75, 3.05) is 37.6 Å². The van der Waals surface area contributed by atoms with E-state index in [4.69, 9.17) is 4.74 Å². The highest BCUT2D eigenvalue weighted by Gasteiger charge is 2.26. The van der Waals surface area contributed by atoms with Crippen molar-refractivity contribution < 1.29 is 23.9 Å². The van der Waals surface area contributed by atoms with Crippen LogP contribution in [0.3, 0.4) is 0 Å². The number of hydrogen-bond donors (Lipinski definition) is 2. The number of imide groups is 1. The van der Waals surface area contributed by atoms with Crippen molar-refractivity contribution in [2.24, 2.45) is 0 Å². The van der Waals surface area contributed by atoms with Crippen molar-refractivity contribution in [1.82, 2.24) is 15.5 Å². The maximum absolute atomic E-state index is 12.6. The van der Waals surface area contributed by atoms with Crippen LogP contribution in [0.5, 0.6) is 0 Å². The van der Waals surface area contributed by atoms with E-state index in [1.807, 2.05) is 49.9 Å². The molecule has 2 saturated heterocycles. The molecule has 0 aromatic heterocycles. The second-order valence-corrected chi connectivity index (χ2v) is 10.2. The first-order valence-corrected chi connectivity index (χ1v) is 12.3. The van der Waals surface area contributed by atoms with Gasteiger partial charge in [0.1, 0.15) is 5.60 Å². The van der Waals surface area contributed by atoms with E-state index in [0.717, 1.165) is 23.0 Å². The third-order valence-electron chi connectivity index (χ3n) is 5.32. The fraction of sp³-hybridized carbons (Fsp3) is 0.500. The van der Waals surface area contributed by atoms with Crippen molar-refractivity contribution in [3.63, 3.8) is 0 Å². The van der Waals surface area contributed by atoms with E-state index in [0.29, 0.717) is 56.9 Å². The Bertz CT molecular complexity index is 964. The zero-order valence-corrected chi connectivity index (χ0v) is 20.7. The predicted octanol–water partition coefficient (Wildman–Crippen LogP) is 3.35. The van der Waals surface area contributed by atoms with Crippen molar-refractivity contribution >= 4 is 46.7 Å². The number of alkyl carbamates (subject to hydrolysis) is 1.